The fourth-order valence-electron chi connectivity index (χ4n) is 1.88. The largest absolute Gasteiger partial charge is 0.272 e. The number of hydrogen-bond acceptors (Lipinski definition) is 3. The van der Waals surface area contributed by atoms with Crippen LogP contribution in [0.3, 0.4) is 0 Å². The van der Waals surface area contributed by atoms with Crippen LogP contribution in [-0.2, 0) is 10.5 Å². The number of halogens is 1. The highest BCUT2D eigenvalue weighted by Gasteiger charge is 2.01. The van der Waals surface area contributed by atoms with E-state index < -0.39 is 0 Å². The second-order valence-corrected chi connectivity index (χ2v) is 6.11. The maximum absolute atomic E-state index is 13.5. The highest BCUT2D eigenvalue weighted by atomic mass is 32.2. The molecule has 0 radical (unpaired) electrons. The standard InChI is InChI=1S/C19H19FN2OS/c1-15(11-12-17-9-5-6-10-18(17)20)21-22-19(23)14-24-13-16-7-3-2-4-8-16/h2-12H,13-14H2,1H3,(H,22,23)/b12-11+,21-15+. The number of rotatable bonds is 7. The molecule has 0 aromatic heterocycles. The van der Waals surface area contributed by atoms with E-state index in [9.17, 15) is 9.18 Å². The molecule has 0 heterocycles. The zero-order valence-corrected chi connectivity index (χ0v) is 14.2. The van der Waals surface area contributed by atoms with Gasteiger partial charge in [0.15, 0.2) is 0 Å². The van der Waals surface area contributed by atoms with Gasteiger partial charge in [0, 0.05) is 11.3 Å². The van der Waals surface area contributed by atoms with Crippen molar-refractivity contribution in [2.24, 2.45) is 5.10 Å². The molecule has 0 fully saturated rings. The van der Waals surface area contributed by atoms with Gasteiger partial charge in [-0.3, -0.25) is 4.79 Å². The van der Waals surface area contributed by atoms with E-state index in [-0.39, 0.29) is 11.7 Å². The lowest BCUT2D eigenvalue weighted by Gasteiger charge is -2.02. The van der Waals surface area contributed by atoms with E-state index in [1.807, 2.05) is 30.3 Å². The molecule has 24 heavy (non-hydrogen) atoms. The van der Waals surface area contributed by atoms with Crippen molar-refractivity contribution in [3.05, 3.63) is 77.6 Å². The first-order valence-corrected chi connectivity index (χ1v) is 8.68. The number of amides is 1. The highest BCUT2D eigenvalue weighted by Crippen LogP contribution is 2.11. The monoisotopic (exact) mass is 342 g/mol. The zero-order valence-electron chi connectivity index (χ0n) is 13.4. The van der Waals surface area contributed by atoms with E-state index >= 15 is 0 Å². The Balaban J connectivity index is 1.75. The highest BCUT2D eigenvalue weighted by molar-refractivity contribution is 7.99. The van der Waals surface area contributed by atoms with Crippen LogP contribution in [0.1, 0.15) is 18.1 Å². The summed E-state index contributed by atoms with van der Waals surface area (Å²) in [6.45, 7) is 1.74. The second kappa shape index (κ2) is 9.67. The number of nitrogens with one attached hydrogen (secondary N) is 1. The van der Waals surface area contributed by atoms with E-state index in [1.165, 1.54) is 23.4 Å². The maximum atomic E-state index is 13.5. The molecule has 0 saturated carbocycles. The van der Waals surface area contributed by atoms with Gasteiger partial charge in [0.2, 0.25) is 5.91 Å². The fourth-order valence-corrected chi connectivity index (χ4v) is 2.66. The van der Waals surface area contributed by atoms with Gasteiger partial charge in [0.05, 0.1) is 11.5 Å². The summed E-state index contributed by atoms with van der Waals surface area (Å²) in [5.41, 5.74) is 4.77. The first-order valence-electron chi connectivity index (χ1n) is 7.52. The molecule has 0 saturated heterocycles. The van der Waals surface area contributed by atoms with Gasteiger partial charge in [-0.15, -0.1) is 11.8 Å². The van der Waals surface area contributed by atoms with E-state index in [2.05, 4.69) is 10.5 Å². The summed E-state index contributed by atoms with van der Waals surface area (Å²) in [7, 11) is 0. The predicted octanol–water partition coefficient (Wildman–Crippen LogP) is 4.26. The molecule has 0 atom stereocenters. The topological polar surface area (TPSA) is 41.5 Å². The Hall–Kier alpha value is -2.40. The van der Waals surface area contributed by atoms with Crippen LogP contribution in [0.2, 0.25) is 0 Å². The molecule has 1 amide bonds. The van der Waals surface area contributed by atoms with Gasteiger partial charge in [-0.05, 0) is 24.6 Å². The molecule has 0 aliphatic heterocycles. The van der Waals surface area contributed by atoms with Crippen molar-refractivity contribution in [3.63, 3.8) is 0 Å². The molecule has 1 N–H and O–H groups in total. The minimum absolute atomic E-state index is 0.158. The average Bonchev–Trinajstić information content (AvgIpc) is 2.60. The first-order chi connectivity index (χ1) is 11.6. The Morgan fingerprint density at radius 3 is 2.62 bits per heavy atom. The summed E-state index contributed by atoms with van der Waals surface area (Å²) in [4.78, 5) is 11.7. The number of hydrogen-bond donors (Lipinski definition) is 1. The van der Waals surface area contributed by atoms with Crippen LogP contribution < -0.4 is 5.43 Å². The molecule has 0 spiro atoms. The molecule has 3 nitrogen and oxygen atoms in total. The van der Waals surface area contributed by atoms with Gasteiger partial charge in [-0.2, -0.15) is 5.10 Å². The number of carbonyl (C=O) groups excluding carboxylic acids is 1. The van der Waals surface area contributed by atoms with Crippen LogP contribution in [0.4, 0.5) is 4.39 Å². The predicted molar refractivity (Wildman–Crippen MR) is 99.3 cm³/mol. The van der Waals surface area contributed by atoms with Gasteiger partial charge >= 0.3 is 0 Å². The van der Waals surface area contributed by atoms with Crippen molar-refractivity contribution in [3.8, 4) is 0 Å². The van der Waals surface area contributed by atoms with Crippen LogP contribution >= 0.6 is 11.8 Å². The van der Waals surface area contributed by atoms with Crippen LogP contribution in [0, 0.1) is 5.82 Å². The van der Waals surface area contributed by atoms with E-state index in [4.69, 9.17) is 0 Å². The van der Waals surface area contributed by atoms with Gasteiger partial charge in [0.1, 0.15) is 5.82 Å². The molecule has 2 aromatic carbocycles. The van der Waals surface area contributed by atoms with Crippen molar-refractivity contribution in [1.82, 2.24) is 5.43 Å². The summed E-state index contributed by atoms with van der Waals surface area (Å²) < 4.78 is 13.5. The summed E-state index contributed by atoms with van der Waals surface area (Å²) in [5, 5.41) is 3.99. The van der Waals surface area contributed by atoms with Gasteiger partial charge < -0.3 is 0 Å². The molecule has 5 heteroatoms. The Labute approximate surface area is 145 Å². The lowest BCUT2D eigenvalue weighted by atomic mass is 10.2. The van der Waals surface area contributed by atoms with Crippen LogP contribution in [0.5, 0.6) is 0 Å². The first kappa shape index (κ1) is 17.9. The van der Waals surface area contributed by atoms with Gasteiger partial charge in [-0.1, -0.05) is 54.6 Å². The van der Waals surface area contributed by atoms with Crippen molar-refractivity contribution in [2.45, 2.75) is 12.7 Å². The van der Waals surface area contributed by atoms with E-state index in [0.29, 0.717) is 17.0 Å². The third kappa shape index (κ3) is 6.38. The molecule has 0 unspecified atom stereocenters. The molecular formula is C19H19FN2OS. The lowest BCUT2D eigenvalue weighted by Crippen LogP contribution is -2.20. The molecule has 0 aliphatic rings. The summed E-state index contributed by atoms with van der Waals surface area (Å²) >= 11 is 1.53. The Kier molecular flexibility index (Phi) is 7.23. The molecule has 2 aromatic rings. The van der Waals surface area contributed by atoms with Gasteiger partial charge in [-0.25, -0.2) is 9.82 Å². The van der Waals surface area contributed by atoms with Crippen LogP contribution in [0.15, 0.2) is 65.8 Å². The Morgan fingerprint density at radius 2 is 1.88 bits per heavy atom. The number of thioether (sulfide) groups is 1. The minimum atomic E-state index is -0.289. The summed E-state index contributed by atoms with van der Waals surface area (Å²) in [6.07, 6.45) is 3.29. The quantitative estimate of drug-likeness (QED) is 0.603. The summed E-state index contributed by atoms with van der Waals surface area (Å²) in [6, 6.07) is 16.5. The Bertz CT molecular complexity index is 729. The fraction of sp³-hybridized carbons (Fsp3) is 0.158. The van der Waals surface area contributed by atoms with Crippen LogP contribution in [-0.4, -0.2) is 17.4 Å². The maximum Gasteiger partial charge on any atom is 0.250 e. The van der Waals surface area contributed by atoms with E-state index in [1.54, 1.807) is 37.3 Å². The SMILES string of the molecule is CC(/C=C/c1ccccc1F)=N\NC(=O)CSCc1ccccc1. The third-order valence-electron chi connectivity index (χ3n) is 3.11. The molecule has 2 rings (SSSR count). The van der Waals surface area contributed by atoms with Crippen molar-refractivity contribution in [1.29, 1.82) is 0 Å². The second-order valence-electron chi connectivity index (χ2n) is 5.12. The summed E-state index contributed by atoms with van der Waals surface area (Å²) in [5.74, 6) is 0.671. The van der Waals surface area contributed by atoms with Crippen LogP contribution in [0.25, 0.3) is 6.08 Å². The Morgan fingerprint density at radius 1 is 1.17 bits per heavy atom. The number of benzene rings is 2. The normalized spacial score (nSPS) is 11.7. The van der Waals surface area contributed by atoms with Crippen molar-refractivity contribution >= 4 is 29.5 Å². The third-order valence-corrected chi connectivity index (χ3v) is 4.11. The minimum Gasteiger partial charge on any atom is -0.272 e. The number of hydrazone groups is 1. The smallest absolute Gasteiger partial charge is 0.250 e. The lowest BCUT2D eigenvalue weighted by molar-refractivity contribution is -0.118. The van der Waals surface area contributed by atoms with E-state index in [0.717, 1.165) is 5.75 Å². The molecule has 0 aliphatic carbocycles. The van der Waals surface area contributed by atoms with Crippen molar-refractivity contribution in [2.75, 3.05) is 5.75 Å². The zero-order chi connectivity index (χ0) is 17.2. The molecule has 124 valence electrons. The molecular weight excluding hydrogens is 323 g/mol. The van der Waals surface area contributed by atoms with Crippen molar-refractivity contribution < 1.29 is 9.18 Å². The number of nitrogens with zero attached hydrogens (tertiary/aromatic N) is 1. The van der Waals surface area contributed by atoms with Gasteiger partial charge in [0.25, 0.3) is 0 Å². The number of allylic oxidation sites excluding steroid dienone is 1. The average molecular weight is 342 g/mol. The molecule has 0 bridgehead atoms. The number of carbonyl (C=O) groups is 1.